The van der Waals surface area contributed by atoms with Crippen molar-refractivity contribution in [2.75, 3.05) is 13.1 Å². The number of hydrogen-bond donors (Lipinski definition) is 2. The third kappa shape index (κ3) is 14.1. The fourth-order valence-corrected chi connectivity index (χ4v) is 2.96. The molecule has 0 bridgehead atoms. The zero-order chi connectivity index (χ0) is 14.4. The van der Waals surface area contributed by atoms with E-state index in [9.17, 15) is 8.42 Å². The van der Waals surface area contributed by atoms with Crippen molar-refractivity contribution in [1.29, 1.82) is 0 Å². The summed E-state index contributed by atoms with van der Waals surface area (Å²) in [5.74, 6) is 0. The number of rotatable bonds is 14. The lowest BCUT2D eigenvalue weighted by atomic mass is 10.1. The quantitative estimate of drug-likeness (QED) is 0.482. The monoisotopic (exact) mass is 292 g/mol. The van der Waals surface area contributed by atoms with Crippen molar-refractivity contribution in [1.82, 2.24) is 9.44 Å². The van der Waals surface area contributed by atoms with Gasteiger partial charge < -0.3 is 0 Å². The minimum Gasteiger partial charge on any atom is -0.203 e. The van der Waals surface area contributed by atoms with Gasteiger partial charge in [0.25, 0.3) is 10.2 Å². The fraction of sp³-hybridized carbons (Fsp3) is 1.00. The van der Waals surface area contributed by atoms with Gasteiger partial charge in [0.1, 0.15) is 0 Å². The average molecular weight is 292 g/mol. The summed E-state index contributed by atoms with van der Waals surface area (Å²) < 4.78 is 27.5. The number of nitrogens with one attached hydrogen (secondary N) is 2. The predicted octanol–water partition coefficient (Wildman–Crippen LogP) is 3.35. The molecule has 0 rings (SSSR count). The van der Waals surface area contributed by atoms with Crippen LogP contribution in [0.4, 0.5) is 0 Å². The molecule has 0 aliphatic rings. The Kier molecular flexibility index (Phi) is 12.8. The van der Waals surface area contributed by atoms with E-state index in [1.807, 2.05) is 0 Å². The molecular weight excluding hydrogens is 260 g/mol. The molecule has 0 heterocycles. The van der Waals surface area contributed by atoms with Gasteiger partial charge in [-0.2, -0.15) is 8.42 Å². The first kappa shape index (κ1) is 18.9. The first-order valence-electron chi connectivity index (χ1n) is 7.86. The van der Waals surface area contributed by atoms with E-state index in [0.29, 0.717) is 13.1 Å². The van der Waals surface area contributed by atoms with Crippen molar-refractivity contribution in [2.24, 2.45) is 0 Å². The highest BCUT2D eigenvalue weighted by molar-refractivity contribution is 7.87. The Balaban J connectivity index is 3.19. The van der Waals surface area contributed by atoms with Crippen molar-refractivity contribution in [3.63, 3.8) is 0 Å². The topological polar surface area (TPSA) is 58.2 Å². The van der Waals surface area contributed by atoms with E-state index in [-0.39, 0.29) is 0 Å². The van der Waals surface area contributed by atoms with Crippen LogP contribution in [0.3, 0.4) is 0 Å². The van der Waals surface area contributed by atoms with Gasteiger partial charge in [0.05, 0.1) is 0 Å². The minimum atomic E-state index is -3.24. The lowest BCUT2D eigenvalue weighted by Gasteiger charge is -2.06. The molecule has 0 fully saturated rings. The van der Waals surface area contributed by atoms with E-state index in [2.05, 4.69) is 16.4 Å². The fourth-order valence-electron chi connectivity index (χ4n) is 2.06. The molecule has 0 spiro atoms. The zero-order valence-electron chi connectivity index (χ0n) is 12.7. The maximum atomic E-state index is 11.3. The van der Waals surface area contributed by atoms with Crippen LogP contribution in [0.5, 0.6) is 0 Å². The normalized spacial score (nSPS) is 11.9. The molecule has 0 aromatic heterocycles. The van der Waals surface area contributed by atoms with E-state index in [1.54, 1.807) is 6.92 Å². The predicted molar refractivity (Wildman–Crippen MR) is 82.4 cm³/mol. The summed E-state index contributed by atoms with van der Waals surface area (Å²) in [5, 5.41) is 0. The second-order valence-corrected chi connectivity index (χ2v) is 6.66. The summed E-state index contributed by atoms with van der Waals surface area (Å²) in [4.78, 5) is 0. The van der Waals surface area contributed by atoms with Gasteiger partial charge in [0, 0.05) is 13.1 Å². The van der Waals surface area contributed by atoms with Gasteiger partial charge in [0.2, 0.25) is 0 Å². The molecule has 0 saturated carbocycles. The third-order valence-corrected chi connectivity index (χ3v) is 4.41. The lowest BCUT2D eigenvalue weighted by Crippen LogP contribution is -2.36. The Bertz CT molecular complexity index is 279. The van der Waals surface area contributed by atoms with Crippen molar-refractivity contribution in [2.45, 2.75) is 78.1 Å². The van der Waals surface area contributed by atoms with Gasteiger partial charge in [-0.1, -0.05) is 71.6 Å². The first-order valence-corrected chi connectivity index (χ1v) is 9.35. The van der Waals surface area contributed by atoms with E-state index in [0.717, 1.165) is 12.8 Å². The van der Waals surface area contributed by atoms with Crippen LogP contribution in [0.1, 0.15) is 78.1 Å². The van der Waals surface area contributed by atoms with Gasteiger partial charge in [-0.15, -0.1) is 0 Å². The minimum absolute atomic E-state index is 0.438. The van der Waals surface area contributed by atoms with Gasteiger partial charge >= 0.3 is 0 Å². The van der Waals surface area contributed by atoms with Gasteiger partial charge in [0.15, 0.2) is 0 Å². The van der Waals surface area contributed by atoms with Crippen molar-refractivity contribution >= 4 is 10.2 Å². The lowest BCUT2D eigenvalue weighted by molar-refractivity contribution is 0.545. The largest absolute Gasteiger partial charge is 0.276 e. The van der Waals surface area contributed by atoms with E-state index >= 15 is 0 Å². The summed E-state index contributed by atoms with van der Waals surface area (Å²) in [6, 6.07) is 0. The van der Waals surface area contributed by atoms with Crippen LogP contribution >= 0.6 is 0 Å². The third-order valence-electron chi connectivity index (χ3n) is 3.16. The number of unbranched alkanes of at least 4 members (excludes halogenated alkanes) is 9. The summed E-state index contributed by atoms with van der Waals surface area (Å²) >= 11 is 0. The Labute approximate surface area is 119 Å². The molecule has 0 radical (unpaired) electrons. The van der Waals surface area contributed by atoms with Crippen molar-refractivity contribution in [3.8, 4) is 0 Å². The Hall–Kier alpha value is -0.130. The molecule has 0 saturated heterocycles. The molecule has 2 N–H and O–H groups in total. The van der Waals surface area contributed by atoms with Crippen molar-refractivity contribution < 1.29 is 8.42 Å². The summed E-state index contributed by atoms with van der Waals surface area (Å²) in [5.41, 5.74) is 0. The summed E-state index contributed by atoms with van der Waals surface area (Å²) in [6.45, 7) is 5.00. The standard InChI is InChI=1S/C14H32N2O2S/c1-3-5-6-7-8-9-10-11-12-13-14-16-19(17,18)15-4-2/h15-16H,3-14H2,1-2H3. The second-order valence-electron chi connectivity index (χ2n) is 5.08. The molecule has 19 heavy (non-hydrogen) atoms. The van der Waals surface area contributed by atoms with Crippen LogP contribution in [-0.4, -0.2) is 21.5 Å². The number of hydrogen-bond acceptors (Lipinski definition) is 2. The maximum Gasteiger partial charge on any atom is 0.276 e. The molecule has 0 unspecified atom stereocenters. The maximum absolute atomic E-state index is 11.3. The molecule has 0 aliphatic heterocycles. The van der Waals surface area contributed by atoms with E-state index in [4.69, 9.17) is 0 Å². The van der Waals surface area contributed by atoms with Gasteiger partial charge in [-0.05, 0) is 6.42 Å². The second kappa shape index (κ2) is 12.9. The van der Waals surface area contributed by atoms with Crippen LogP contribution in [0, 0.1) is 0 Å². The molecule has 0 aromatic rings. The molecule has 0 aromatic carbocycles. The highest BCUT2D eigenvalue weighted by Gasteiger charge is 2.05. The van der Waals surface area contributed by atoms with Crippen LogP contribution in [0.15, 0.2) is 0 Å². The highest BCUT2D eigenvalue weighted by Crippen LogP contribution is 2.10. The smallest absolute Gasteiger partial charge is 0.203 e. The van der Waals surface area contributed by atoms with E-state index in [1.165, 1.54) is 51.4 Å². The summed E-state index contributed by atoms with van der Waals surface area (Å²) in [7, 11) is -3.24. The van der Waals surface area contributed by atoms with Crippen LogP contribution < -0.4 is 9.44 Å². The molecule has 0 atom stereocenters. The molecule has 0 amide bonds. The van der Waals surface area contributed by atoms with Crippen molar-refractivity contribution in [3.05, 3.63) is 0 Å². The Morgan fingerprint density at radius 3 is 1.63 bits per heavy atom. The van der Waals surface area contributed by atoms with E-state index < -0.39 is 10.2 Å². The molecule has 5 heteroatoms. The highest BCUT2D eigenvalue weighted by atomic mass is 32.2. The molecule has 0 aliphatic carbocycles. The van der Waals surface area contributed by atoms with Crippen LogP contribution in [-0.2, 0) is 10.2 Å². The summed E-state index contributed by atoms with van der Waals surface area (Å²) in [6.07, 6.45) is 12.7. The van der Waals surface area contributed by atoms with Gasteiger partial charge in [-0.3, -0.25) is 0 Å². The Morgan fingerprint density at radius 1 is 0.684 bits per heavy atom. The SMILES string of the molecule is CCCCCCCCCCCCNS(=O)(=O)NCC. The molecular formula is C14H32N2O2S. The molecule has 4 nitrogen and oxygen atoms in total. The first-order chi connectivity index (χ1) is 9.12. The van der Waals surface area contributed by atoms with Crippen LogP contribution in [0.25, 0.3) is 0 Å². The zero-order valence-corrected chi connectivity index (χ0v) is 13.5. The van der Waals surface area contributed by atoms with Crippen LogP contribution in [0.2, 0.25) is 0 Å². The molecule has 116 valence electrons. The Morgan fingerprint density at radius 2 is 1.16 bits per heavy atom. The van der Waals surface area contributed by atoms with Gasteiger partial charge in [-0.25, -0.2) is 9.44 Å². The average Bonchev–Trinajstić information content (AvgIpc) is 2.36.